The van der Waals surface area contributed by atoms with Gasteiger partial charge < -0.3 is 10.1 Å². The van der Waals surface area contributed by atoms with Crippen LogP contribution in [0, 0.1) is 0 Å². The number of carbonyl (C=O) groups excluding carboxylic acids is 1. The molecule has 1 aromatic heterocycles. The zero-order valence-electron chi connectivity index (χ0n) is 11.1. The van der Waals surface area contributed by atoms with E-state index in [1.54, 1.807) is 35.6 Å². The van der Waals surface area contributed by atoms with Crippen molar-refractivity contribution < 1.29 is 9.53 Å². The van der Waals surface area contributed by atoms with Gasteiger partial charge in [-0.15, -0.1) is 11.3 Å². The first-order chi connectivity index (χ1) is 9.69. The molecule has 20 heavy (non-hydrogen) atoms. The summed E-state index contributed by atoms with van der Waals surface area (Å²) in [5, 5.41) is 5.47. The van der Waals surface area contributed by atoms with Crippen molar-refractivity contribution in [3.63, 3.8) is 0 Å². The minimum atomic E-state index is -0.506. The lowest BCUT2D eigenvalue weighted by atomic mass is 10.2. The van der Waals surface area contributed by atoms with Crippen molar-refractivity contribution in [2.45, 2.75) is 26.0 Å². The summed E-state index contributed by atoms with van der Waals surface area (Å²) in [7, 11) is 0. The van der Waals surface area contributed by atoms with E-state index >= 15 is 0 Å². The molecule has 0 aliphatic carbocycles. The van der Waals surface area contributed by atoms with Crippen molar-refractivity contribution in [3.05, 3.63) is 51.7 Å². The fourth-order valence-corrected chi connectivity index (χ4v) is 2.55. The minimum absolute atomic E-state index is 0.110. The van der Waals surface area contributed by atoms with Crippen LogP contribution in [0.15, 0.2) is 41.8 Å². The lowest BCUT2D eigenvalue weighted by Gasteiger charge is -2.17. The number of carbonyl (C=O) groups is 1. The highest BCUT2D eigenvalue weighted by Gasteiger charge is 2.18. The predicted molar refractivity (Wildman–Crippen MR) is 82.3 cm³/mol. The Morgan fingerprint density at radius 2 is 2.25 bits per heavy atom. The zero-order chi connectivity index (χ0) is 14.4. The Hall–Kier alpha value is -1.52. The molecule has 1 amide bonds. The second-order valence-corrected chi connectivity index (χ2v) is 5.74. The molecular weight excluding hydrogens is 294 g/mol. The number of thiophene rings is 1. The molecule has 1 atom stereocenters. The number of ether oxygens (including phenoxy) is 1. The molecule has 0 aliphatic rings. The summed E-state index contributed by atoms with van der Waals surface area (Å²) < 4.78 is 5.68. The van der Waals surface area contributed by atoms with Gasteiger partial charge in [-0.1, -0.05) is 30.7 Å². The van der Waals surface area contributed by atoms with E-state index in [4.69, 9.17) is 16.3 Å². The highest BCUT2D eigenvalue weighted by molar-refractivity contribution is 7.09. The summed E-state index contributed by atoms with van der Waals surface area (Å²) in [6, 6.07) is 11.0. The third kappa shape index (κ3) is 4.25. The van der Waals surface area contributed by atoms with Gasteiger partial charge in [0.2, 0.25) is 0 Å². The lowest BCUT2D eigenvalue weighted by molar-refractivity contribution is -0.128. The van der Waals surface area contributed by atoms with Crippen molar-refractivity contribution >= 4 is 28.8 Å². The summed E-state index contributed by atoms with van der Waals surface area (Å²) >= 11 is 7.52. The van der Waals surface area contributed by atoms with Crippen molar-refractivity contribution in [3.8, 4) is 5.75 Å². The van der Waals surface area contributed by atoms with E-state index in [0.717, 1.165) is 4.88 Å². The largest absolute Gasteiger partial charge is 0.481 e. The maximum absolute atomic E-state index is 12.1. The molecule has 0 saturated heterocycles. The van der Waals surface area contributed by atoms with Crippen molar-refractivity contribution in [2.75, 3.05) is 0 Å². The molecule has 0 unspecified atom stereocenters. The summed E-state index contributed by atoms with van der Waals surface area (Å²) in [4.78, 5) is 13.2. The second kappa shape index (κ2) is 7.31. The van der Waals surface area contributed by atoms with Gasteiger partial charge in [0.25, 0.3) is 5.91 Å². The quantitative estimate of drug-likeness (QED) is 0.879. The number of nitrogens with one attached hydrogen (secondary N) is 1. The van der Waals surface area contributed by atoms with E-state index in [1.165, 1.54) is 0 Å². The van der Waals surface area contributed by atoms with Crippen LogP contribution >= 0.6 is 22.9 Å². The maximum atomic E-state index is 12.1. The Bertz CT molecular complexity index is 557. The fourth-order valence-electron chi connectivity index (χ4n) is 1.73. The Balaban J connectivity index is 1.92. The van der Waals surface area contributed by atoms with Crippen molar-refractivity contribution in [1.29, 1.82) is 0 Å². The van der Waals surface area contributed by atoms with Gasteiger partial charge in [0.1, 0.15) is 5.75 Å². The summed E-state index contributed by atoms with van der Waals surface area (Å²) in [6.45, 7) is 2.45. The molecule has 2 rings (SSSR count). The van der Waals surface area contributed by atoms with Crippen molar-refractivity contribution in [1.82, 2.24) is 5.32 Å². The van der Waals surface area contributed by atoms with Gasteiger partial charge in [-0.05, 0) is 36.1 Å². The molecule has 1 N–H and O–H groups in total. The van der Waals surface area contributed by atoms with Crippen LogP contribution < -0.4 is 10.1 Å². The van der Waals surface area contributed by atoms with Gasteiger partial charge in [0, 0.05) is 9.90 Å². The number of hydrogen-bond donors (Lipinski definition) is 1. The number of amides is 1. The van der Waals surface area contributed by atoms with E-state index in [2.05, 4.69) is 5.32 Å². The van der Waals surface area contributed by atoms with Crippen LogP contribution in [0.4, 0.5) is 0 Å². The summed E-state index contributed by atoms with van der Waals surface area (Å²) in [6.07, 6.45) is 0.0939. The monoisotopic (exact) mass is 309 g/mol. The van der Waals surface area contributed by atoms with Crippen LogP contribution in [0.25, 0.3) is 0 Å². The van der Waals surface area contributed by atoms with Gasteiger partial charge in [-0.25, -0.2) is 0 Å². The Labute approximate surface area is 127 Å². The van der Waals surface area contributed by atoms with Crippen LogP contribution in [0.3, 0.4) is 0 Å². The number of rotatable bonds is 6. The Morgan fingerprint density at radius 1 is 1.40 bits per heavy atom. The molecule has 0 aliphatic heterocycles. The van der Waals surface area contributed by atoms with E-state index < -0.39 is 6.10 Å². The van der Waals surface area contributed by atoms with Gasteiger partial charge in [-0.2, -0.15) is 0 Å². The van der Waals surface area contributed by atoms with Gasteiger partial charge >= 0.3 is 0 Å². The van der Waals surface area contributed by atoms with E-state index in [9.17, 15) is 4.79 Å². The molecule has 0 fully saturated rings. The molecule has 106 valence electrons. The van der Waals surface area contributed by atoms with E-state index in [1.807, 2.05) is 24.4 Å². The van der Waals surface area contributed by atoms with Gasteiger partial charge in [0.05, 0.1) is 6.54 Å². The SMILES string of the molecule is CC[C@@H](Oc1cccc(Cl)c1)C(=O)NCc1cccs1. The average molecular weight is 310 g/mol. The minimum Gasteiger partial charge on any atom is -0.481 e. The fraction of sp³-hybridized carbons (Fsp3) is 0.267. The molecule has 0 spiro atoms. The standard InChI is InChI=1S/C15H16ClNO2S/c1-2-14(19-12-6-3-5-11(16)9-12)15(18)17-10-13-7-4-8-20-13/h3-9,14H,2,10H2,1H3,(H,17,18)/t14-/m1/s1. The normalized spacial score (nSPS) is 11.9. The molecule has 5 heteroatoms. The first-order valence-corrected chi connectivity index (χ1v) is 7.67. The van der Waals surface area contributed by atoms with Crippen LogP contribution in [0.5, 0.6) is 5.75 Å². The third-order valence-electron chi connectivity index (χ3n) is 2.75. The smallest absolute Gasteiger partial charge is 0.261 e. The number of halogens is 1. The van der Waals surface area contributed by atoms with Gasteiger partial charge in [0.15, 0.2) is 6.10 Å². The average Bonchev–Trinajstić information content (AvgIpc) is 2.95. The molecule has 1 heterocycles. The molecule has 0 bridgehead atoms. The Kier molecular flexibility index (Phi) is 5.44. The van der Waals surface area contributed by atoms with Crippen molar-refractivity contribution in [2.24, 2.45) is 0 Å². The van der Waals surface area contributed by atoms with Crippen LogP contribution in [0.1, 0.15) is 18.2 Å². The highest BCUT2D eigenvalue weighted by atomic mass is 35.5. The molecular formula is C15H16ClNO2S. The highest BCUT2D eigenvalue weighted by Crippen LogP contribution is 2.19. The van der Waals surface area contributed by atoms with Crippen LogP contribution in [-0.2, 0) is 11.3 Å². The second-order valence-electron chi connectivity index (χ2n) is 4.27. The molecule has 0 radical (unpaired) electrons. The Morgan fingerprint density at radius 3 is 2.90 bits per heavy atom. The topological polar surface area (TPSA) is 38.3 Å². The van der Waals surface area contributed by atoms with E-state index in [0.29, 0.717) is 23.7 Å². The molecule has 2 aromatic rings. The van der Waals surface area contributed by atoms with Crippen LogP contribution in [-0.4, -0.2) is 12.0 Å². The van der Waals surface area contributed by atoms with Gasteiger partial charge in [-0.3, -0.25) is 4.79 Å². The first-order valence-electron chi connectivity index (χ1n) is 6.41. The summed E-state index contributed by atoms with van der Waals surface area (Å²) in [5.74, 6) is 0.497. The predicted octanol–water partition coefficient (Wildman–Crippen LogP) is 3.88. The molecule has 3 nitrogen and oxygen atoms in total. The zero-order valence-corrected chi connectivity index (χ0v) is 12.7. The number of benzene rings is 1. The van der Waals surface area contributed by atoms with E-state index in [-0.39, 0.29) is 5.91 Å². The molecule has 0 saturated carbocycles. The maximum Gasteiger partial charge on any atom is 0.261 e. The van der Waals surface area contributed by atoms with Crippen LogP contribution in [0.2, 0.25) is 5.02 Å². The first kappa shape index (κ1) is 14.9. The molecule has 1 aromatic carbocycles. The number of hydrogen-bond acceptors (Lipinski definition) is 3. The lowest BCUT2D eigenvalue weighted by Crippen LogP contribution is -2.37. The summed E-state index contributed by atoms with van der Waals surface area (Å²) in [5.41, 5.74) is 0. The third-order valence-corrected chi connectivity index (χ3v) is 3.87.